The van der Waals surface area contributed by atoms with Crippen molar-refractivity contribution in [1.82, 2.24) is 4.98 Å². The van der Waals surface area contributed by atoms with E-state index in [0.717, 1.165) is 4.31 Å². The largest absolute Gasteiger partial charge is 0.507 e. The van der Waals surface area contributed by atoms with Crippen LogP contribution in [0, 0.1) is 6.92 Å². The van der Waals surface area contributed by atoms with Gasteiger partial charge in [-0.05, 0) is 61.0 Å². The van der Waals surface area contributed by atoms with Crippen molar-refractivity contribution in [2.75, 3.05) is 4.31 Å². The lowest BCUT2D eigenvalue weighted by molar-refractivity contribution is -0.143. The summed E-state index contributed by atoms with van der Waals surface area (Å²) in [5, 5.41) is 9.11. The number of alkyl halides is 6. The van der Waals surface area contributed by atoms with Crippen LogP contribution in [0.2, 0.25) is 0 Å². The minimum absolute atomic E-state index is 0.00496. The van der Waals surface area contributed by atoms with Gasteiger partial charge in [0, 0.05) is 12.0 Å². The van der Waals surface area contributed by atoms with Crippen LogP contribution in [0.4, 0.5) is 36.8 Å². The lowest BCUT2D eigenvalue weighted by Gasteiger charge is -2.25. The minimum atomic E-state index is -5.05. The first-order valence-electron chi connectivity index (χ1n) is 12.5. The van der Waals surface area contributed by atoms with Crippen molar-refractivity contribution in [1.29, 1.82) is 0 Å². The molecule has 232 valence electrons. The van der Waals surface area contributed by atoms with E-state index in [2.05, 4.69) is 4.98 Å². The van der Waals surface area contributed by atoms with Crippen LogP contribution in [0.1, 0.15) is 28.1 Å². The first-order chi connectivity index (χ1) is 20.5. The molecule has 16 heteroatoms. The van der Waals surface area contributed by atoms with Crippen LogP contribution >= 0.6 is 0 Å². The molecule has 1 aromatic heterocycles. The highest BCUT2D eigenvalue weighted by atomic mass is 32.2. The van der Waals surface area contributed by atoms with E-state index in [-0.39, 0.29) is 46.9 Å². The molecule has 5 rings (SSSR count). The van der Waals surface area contributed by atoms with Crippen molar-refractivity contribution >= 4 is 21.9 Å². The molecule has 3 aromatic carbocycles. The molecule has 2 heterocycles. The number of para-hydroxylation sites is 1. The molecular formula is C28H20F6N2O7S. The number of ether oxygens (including phenoxy) is 2. The smallest absolute Gasteiger partial charge is 0.487 e. The van der Waals surface area contributed by atoms with Crippen molar-refractivity contribution in [2.24, 2.45) is 0 Å². The Morgan fingerprint density at radius 2 is 1.61 bits per heavy atom. The molecule has 1 aliphatic heterocycles. The zero-order valence-corrected chi connectivity index (χ0v) is 23.1. The van der Waals surface area contributed by atoms with Crippen molar-refractivity contribution in [3.8, 4) is 17.2 Å². The van der Waals surface area contributed by atoms with E-state index >= 15 is 0 Å². The summed E-state index contributed by atoms with van der Waals surface area (Å²) in [7, 11) is -4.29. The molecule has 0 unspecified atom stereocenters. The van der Waals surface area contributed by atoms with Gasteiger partial charge in [0.15, 0.2) is 6.23 Å². The maximum Gasteiger partial charge on any atom is 0.507 e. The fourth-order valence-corrected chi connectivity index (χ4v) is 6.12. The fourth-order valence-electron chi connectivity index (χ4n) is 4.55. The highest BCUT2D eigenvalue weighted by Crippen LogP contribution is 2.40. The average molecular weight is 643 g/mol. The van der Waals surface area contributed by atoms with Crippen molar-refractivity contribution < 1.29 is 58.6 Å². The Bertz CT molecular complexity index is 1790. The number of oxazole rings is 1. The number of fused-ring (bicyclic) bond motifs is 1. The highest BCUT2D eigenvalue weighted by molar-refractivity contribution is 7.92. The van der Waals surface area contributed by atoms with Crippen LogP contribution in [0.15, 0.2) is 76.0 Å². The predicted octanol–water partition coefficient (Wildman–Crippen LogP) is 7.04. The molecule has 0 radical (unpaired) electrons. The lowest BCUT2D eigenvalue weighted by Crippen LogP contribution is -2.40. The van der Waals surface area contributed by atoms with Crippen molar-refractivity contribution in [3.05, 3.63) is 94.9 Å². The van der Waals surface area contributed by atoms with Gasteiger partial charge in [-0.2, -0.15) is 26.3 Å². The molecule has 9 nitrogen and oxygen atoms in total. The third-order valence-corrected chi connectivity index (χ3v) is 8.42. The molecule has 44 heavy (non-hydrogen) atoms. The van der Waals surface area contributed by atoms with Crippen LogP contribution in [-0.4, -0.2) is 30.9 Å². The number of aryl methyl sites for hydroxylation is 1. The van der Waals surface area contributed by atoms with Gasteiger partial charge in [-0.3, -0.25) is 0 Å². The molecule has 1 N–H and O–H groups in total. The molecule has 4 aromatic rings. The summed E-state index contributed by atoms with van der Waals surface area (Å²) in [5.74, 6) is -0.267. The monoisotopic (exact) mass is 642 g/mol. The number of benzene rings is 3. The number of hydrogen-bond donors (Lipinski definition) is 1. The highest BCUT2D eigenvalue weighted by Gasteiger charge is 2.41. The summed E-state index contributed by atoms with van der Waals surface area (Å²) >= 11 is 0. The Hall–Kier alpha value is -4.73. The molecular weight excluding hydrogens is 622 g/mol. The van der Waals surface area contributed by atoms with Crippen LogP contribution < -0.4 is 9.04 Å². The standard InChI is InChI=1S/C28H20F6N2O7S/c1-15-22(35-25(42-15)17-10-18(27(29,30)31)13-19(11-17)28(32,33)34)14-41-20-6-8-21(9-7-20)44(39,40)36-23-5-3-2-4-16(23)12-24(36)43-26(37)38/h2-11,13,24H,12,14H2,1H3,(H,37,38)/t24-/m1/s1. The van der Waals surface area contributed by atoms with Gasteiger partial charge < -0.3 is 19.0 Å². The number of anilines is 1. The Morgan fingerprint density at radius 1 is 1.00 bits per heavy atom. The summed E-state index contributed by atoms with van der Waals surface area (Å²) in [4.78, 5) is 15.0. The summed E-state index contributed by atoms with van der Waals surface area (Å²) in [6.07, 6.45) is -13.1. The van der Waals surface area contributed by atoms with E-state index < -0.39 is 57.3 Å². The number of hydrogen-bond acceptors (Lipinski definition) is 7. The van der Waals surface area contributed by atoms with Gasteiger partial charge in [-0.15, -0.1) is 0 Å². The number of nitrogens with zero attached hydrogens (tertiary/aromatic N) is 2. The topological polar surface area (TPSA) is 119 Å². The lowest BCUT2D eigenvalue weighted by atomic mass is 10.0. The van der Waals surface area contributed by atoms with Gasteiger partial charge in [-0.25, -0.2) is 22.5 Å². The van der Waals surface area contributed by atoms with Crippen LogP contribution in [0.5, 0.6) is 5.75 Å². The van der Waals surface area contributed by atoms with E-state index in [0.29, 0.717) is 17.7 Å². The first-order valence-corrected chi connectivity index (χ1v) is 14.0. The Balaban J connectivity index is 1.35. The summed E-state index contributed by atoms with van der Waals surface area (Å²) in [6, 6.07) is 12.5. The zero-order chi connectivity index (χ0) is 32.0. The van der Waals surface area contributed by atoms with E-state index in [1.165, 1.54) is 37.3 Å². The Labute approximate surface area is 245 Å². The number of sulfonamides is 1. The molecule has 0 aliphatic carbocycles. The number of carbonyl (C=O) groups is 1. The van der Waals surface area contributed by atoms with Gasteiger partial charge in [-0.1, -0.05) is 18.2 Å². The van der Waals surface area contributed by atoms with Gasteiger partial charge in [0.05, 0.1) is 21.7 Å². The molecule has 1 aliphatic rings. The third-order valence-electron chi connectivity index (χ3n) is 6.61. The molecule has 0 saturated heterocycles. The second-order valence-corrected chi connectivity index (χ2v) is 11.4. The zero-order valence-electron chi connectivity index (χ0n) is 22.3. The fraction of sp³-hybridized carbons (Fsp3) is 0.214. The van der Waals surface area contributed by atoms with Gasteiger partial charge >= 0.3 is 18.5 Å². The number of rotatable bonds is 7. The maximum atomic E-state index is 13.5. The number of aromatic nitrogens is 1. The minimum Gasteiger partial charge on any atom is -0.487 e. The maximum absolute atomic E-state index is 13.5. The van der Waals surface area contributed by atoms with Crippen LogP contribution in [0.3, 0.4) is 0 Å². The SMILES string of the molecule is Cc1oc(-c2cc(C(F)(F)F)cc(C(F)(F)F)c2)nc1COc1ccc(S(=O)(=O)N2c3ccccc3C[C@H]2OC(=O)O)cc1. The van der Waals surface area contributed by atoms with Gasteiger partial charge in [0.1, 0.15) is 23.8 Å². The van der Waals surface area contributed by atoms with Gasteiger partial charge in [0.2, 0.25) is 5.89 Å². The molecule has 1 atom stereocenters. The summed E-state index contributed by atoms with van der Waals surface area (Å²) < 4.78 is 123. The average Bonchev–Trinajstić information content (AvgIpc) is 3.50. The quantitative estimate of drug-likeness (QED) is 0.169. The first kappa shape index (κ1) is 30.7. The van der Waals surface area contributed by atoms with E-state index in [1.54, 1.807) is 18.2 Å². The van der Waals surface area contributed by atoms with E-state index in [1.807, 2.05) is 0 Å². The molecule has 0 saturated carbocycles. The summed E-state index contributed by atoms with van der Waals surface area (Å²) in [6.45, 7) is 1.08. The second kappa shape index (κ2) is 11.1. The van der Waals surface area contributed by atoms with E-state index in [4.69, 9.17) is 19.0 Å². The van der Waals surface area contributed by atoms with Crippen molar-refractivity contribution in [2.45, 2.75) is 43.4 Å². The van der Waals surface area contributed by atoms with Crippen molar-refractivity contribution in [3.63, 3.8) is 0 Å². The second-order valence-electron chi connectivity index (χ2n) is 9.55. The van der Waals surface area contributed by atoms with Gasteiger partial charge in [0.25, 0.3) is 10.0 Å². The number of carboxylic acid groups (broad SMARTS) is 1. The molecule has 0 amide bonds. The Kier molecular flexibility index (Phi) is 7.73. The molecule has 0 fully saturated rings. The molecule has 0 bridgehead atoms. The Morgan fingerprint density at radius 3 is 2.20 bits per heavy atom. The van der Waals surface area contributed by atoms with Crippen LogP contribution in [0.25, 0.3) is 11.5 Å². The summed E-state index contributed by atoms with van der Waals surface area (Å²) in [5.41, 5.74) is -2.67. The molecule has 0 spiro atoms. The predicted molar refractivity (Wildman–Crippen MR) is 140 cm³/mol. The normalized spacial score (nSPS) is 15.2. The van der Waals surface area contributed by atoms with E-state index in [9.17, 15) is 39.6 Å². The third kappa shape index (κ3) is 6.15. The van der Waals surface area contributed by atoms with Crippen LogP contribution in [-0.2, 0) is 40.1 Å². The number of halogens is 6.